The maximum atomic E-state index is 12.6. The standard InChI is InChI=1S/C17H18N2O5S/c1-2-24-17(21)15(16(20)12-6-4-3-5-7-12)19-13-8-10-14(11-9-13)25(18,22)23/h3-11,15,19H,2H2,1H3,(H2,18,22,23). The highest BCUT2D eigenvalue weighted by Crippen LogP contribution is 2.16. The summed E-state index contributed by atoms with van der Waals surface area (Å²) in [6.45, 7) is 1.77. The van der Waals surface area contributed by atoms with Gasteiger partial charge in [0.2, 0.25) is 10.0 Å². The summed E-state index contributed by atoms with van der Waals surface area (Å²) >= 11 is 0. The van der Waals surface area contributed by atoms with Gasteiger partial charge in [0.05, 0.1) is 11.5 Å². The summed E-state index contributed by atoms with van der Waals surface area (Å²) in [5.41, 5.74) is 0.740. The first-order chi connectivity index (χ1) is 11.8. The molecular weight excluding hydrogens is 344 g/mol. The van der Waals surface area contributed by atoms with Crippen LogP contribution in [0.2, 0.25) is 0 Å². The molecule has 25 heavy (non-hydrogen) atoms. The number of ether oxygens (including phenoxy) is 1. The molecule has 2 aromatic carbocycles. The van der Waals surface area contributed by atoms with Gasteiger partial charge in [0.1, 0.15) is 0 Å². The SMILES string of the molecule is CCOC(=O)C(Nc1ccc(S(N)(=O)=O)cc1)C(=O)c1ccccc1. The molecule has 7 nitrogen and oxygen atoms in total. The Morgan fingerprint density at radius 1 is 1.08 bits per heavy atom. The molecule has 0 saturated heterocycles. The average molecular weight is 362 g/mol. The van der Waals surface area contributed by atoms with E-state index in [0.29, 0.717) is 11.3 Å². The number of Topliss-reactive ketones (excluding diaryl/α,β-unsaturated/α-hetero) is 1. The second-order valence-electron chi connectivity index (χ2n) is 5.13. The summed E-state index contributed by atoms with van der Waals surface area (Å²) < 4.78 is 27.5. The van der Waals surface area contributed by atoms with E-state index in [1.54, 1.807) is 37.3 Å². The molecule has 132 valence electrons. The van der Waals surface area contributed by atoms with E-state index >= 15 is 0 Å². The predicted molar refractivity (Wildman–Crippen MR) is 92.6 cm³/mol. The second-order valence-corrected chi connectivity index (χ2v) is 6.69. The van der Waals surface area contributed by atoms with Crippen LogP contribution in [0.3, 0.4) is 0 Å². The van der Waals surface area contributed by atoms with E-state index in [0.717, 1.165) is 0 Å². The smallest absolute Gasteiger partial charge is 0.336 e. The molecule has 0 fully saturated rings. The number of hydrogen-bond donors (Lipinski definition) is 2. The molecule has 0 spiro atoms. The van der Waals surface area contributed by atoms with Gasteiger partial charge in [-0.15, -0.1) is 0 Å². The highest BCUT2D eigenvalue weighted by molar-refractivity contribution is 7.89. The van der Waals surface area contributed by atoms with Crippen molar-refractivity contribution in [3.8, 4) is 0 Å². The third kappa shape index (κ3) is 4.88. The molecule has 0 bridgehead atoms. The van der Waals surface area contributed by atoms with Gasteiger partial charge >= 0.3 is 5.97 Å². The largest absolute Gasteiger partial charge is 0.464 e. The number of benzene rings is 2. The molecule has 0 aliphatic heterocycles. The molecule has 2 rings (SSSR count). The lowest BCUT2D eigenvalue weighted by Gasteiger charge is -2.17. The third-order valence-corrected chi connectivity index (χ3v) is 4.27. The first-order valence-electron chi connectivity index (χ1n) is 7.48. The van der Waals surface area contributed by atoms with Crippen LogP contribution in [0.4, 0.5) is 5.69 Å². The van der Waals surface area contributed by atoms with E-state index in [-0.39, 0.29) is 11.5 Å². The summed E-state index contributed by atoms with van der Waals surface area (Å²) in [7, 11) is -3.82. The number of primary sulfonamides is 1. The second kappa shape index (κ2) is 7.91. The van der Waals surface area contributed by atoms with Crippen LogP contribution >= 0.6 is 0 Å². The first kappa shape index (κ1) is 18.6. The molecule has 0 aliphatic carbocycles. The van der Waals surface area contributed by atoms with Crippen LogP contribution in [0.5, 0.6) is 0 Å². The van der Waals surface area contributed by atoms with Gasteiger partial charge in [-0.25, -0.2) is 18.4 Å². The van der Waals surface area contributed by atoms with Crippen molar-refractivity contribution in [2.24, 2.45) is 5.14 Å². The van der Waals surface area contributed by atoms with Crippen molar-refractivity contribution >= 4 is 27.5 Å². The predicted octanol–water partition coefficient (Wildman–Crippen LogP) is 1.56. The highest BCUT2D eigenvalue weighted by Gasteiger charge is 2.29. The summed E-state index contributed by atoms with van der Waals surface area (Å²) in [5, 5.41) is 7.82. The number of anilines is 1. The van der Waals surface area contributed by atoms with Crippen LogP contribution in [0.25, 0.3) is 0 Å². The molecule has 0 aromatic heterocycles. The lowest BCUT2D eigenvalue weighted by atomic mass is 10.0. The van der Waals surface area contributed by atoms with Gasteiger partial charge in [0.15, 0.2) is 11.8 Å². The van der Waals surface area contributed by atoms with Crippen LogP contribution in [-0.2, 0) is 19.6 Å². The minimum atomic E-state index is -3.82. The zero-order chi connectivity index (χ0) is 18.4. The molecule has 2 aromatic rings. The number of carbonyl (C=O) groups is 2. The summed E-state index contributed by atoms with van der Waals surface area (Å²) in [5.74, 6) is -1.17. The van der Waals surface area contributed by atoms with Gasteiger partial charge in [-0.2, -0.15) is 0 Å². The molecular formula is C17H18N2O5S. The van der Waals surface area contributed by atoms with E-state index < -0.39 is 27.8 Å². The number of carbonyl (C=O) groups excluding carboxylic acids is 2. The number of esters is 1. The Bertz CT molecular complexity index is 848. The topological polar surface area (TPSA) is 116 Å². The number of nitrogens with two attached hydrogens (primary N) is 1. The number of rotatable bonds is 7. The maximum absolute atomic E-state index is 12.6. The lowest BCUT2D eigenvalue weighted by molar-refractivity contribution is -0.142. The molecule has 0 heterocycles. The molecule has 0 radical (unpaired) electrons. The highest BCUT2D eigenvalue weighted by atomic mass is 32.2. The van der Waals surface area contributed by atoms with E-state index in [2.05, 4.69) is 5.32 Å². The minimum absolute atomic E-state index is 0.0693. The van der Waals surface area contributed by atoms with Crippen molar-refractivity contribution < 1.29 is 22.7 Å². The maximum Gasteiger partial charge on any atom is 0.336 e. The average Bonchev–Trinajstić information content (AvgIpc) is 2.59. The lowest BCUT2D eigenvalue weighted by Crippen LogP contribution is -2.39. The zero-order valence-corrected chi connectivity index (χ0v) is 14.3. The molecule has 0 saturated carbocycles. The van der Waals surface area contributed by atoms with Gasteiger partial charge in [-0.05, 0) is 31.2 Å². The van der Waals surface area contributed by atoms with Crippen LogP contribution < -0.4 is 10.5 Å². The fourth-order valence-electron chi connectivity index (χ4n) is 2.13. The summed E-state index contributed by atoms with van der Waals surface area (Å²) in [4.78, 5) is 24.7. The molecule has 3 N–H and O–H groups in total. The van der Waals surface area contributed by atoms with Crippen molar-refractivity contribution in [2.75, 3.05) is 11.9 Å². The Balaban J connectivity index is 2.27. The first-order valence-corrected chi connectivity index (χ1v) is 9.03. The van der Waals surface area contributed by atoms with Gasteiger partial charge in [0, 0.05) is 11.3 Å². The molecule has 0 aliphatic rings. The van der Waals surface area contributed by atoms with E-state index in [9.17, 15) is 18.0 Å². The van der Waals surface area contributed by atoms with Crippen molar-refractivity contribution in [2.45, 2.75) is 17.9 Å². The number of sulfonamides is 1. The number of nitrogens with one attached hydrogen (secondary N) is 1. The fourth-order valence-corrected chi connectivity index (χ4v) is 2.65. The fraction of sp³-hybridized carbons (Fsp3) is 0.176. The molecule has 0 amide bonds. The molecule has 8 heteroatoms. The summed E-state index contributed by atoms with van der Waals surface area (Å²) in [6, 6.07) is 12.5. The zero-order valence-electron chi connectivity index (χ0n) is 13.5. The Hall–Kier alpha value is -2.71. The van der Waals surface area contributed by atoms with Crippen molar-refractivity contribution in [1.29, 1.82) is 0 Å². The van der Waals surface area contributed by atoms with E-state index in [1.165, 1.54) is 24.3 Å². The Labute approximate surface area is 145 Å². The minimum Gasteiger partial charge on any atom is -0.464 e. The quantitative estimate of drug-likeness (QED) is 0.439. The van der Waals surface area contributed by atoms with Crippen molar-refractivity contribution in [3.05, 3.63) is 60.2 Å². The van der Waals surface area contributed by atoms with Gasteiger partial charge in [0.25, 0.3) is 0 Å². The third-order valence-electron chi connectivity index (χ3n) is 3.34. The van der Waals surface area contributed by atoms with Crippen LogP contribution in [0.1, 0.15) is 17.3 Å². The Morgan fingerprint density at radius 2 is 1.68 bits per heavy atom. The van der Waals surface area contributed by atoms with Crippen LogP contribution in [0, 0.1) is 0 Å². The van der Waals surface area contributed by atoms with Crippen molar-refractivity contribution in [3.63, 3.8) is 0 Å². The Morgan fingerprint density at radius 3 is 2.20 bits per heavy atom. The van der Waals surface area contributed by atoms with Gasteiger partial charge in [-0.1, -0.05) is 30.3 Å². The molecule has 1 unspecified atom stereocenters. The Kier molecular flexibility index (Phi) is 5.89. The summed E-state index contributed by atoms with van der Waals surface area (Å²) in [6.07, 6.45) is 0. The number of ketones is 1. The van der Waals surface area contributed by atoms with Gasteiger partial charge in [-0.3, -0.25) is 4.79 Å². The van der Waals surface area contributed by atoms with Crippen molar-refractivity contribution in [1.82, 2.24) is 0 Å². The molecule has 1 atom stereocenters. The van der Waals surface area contributed by atoms with E-state index in [4.69, 9.17) is 9.88 Å². The van der Waals surface area contributed by atoms with Crippen LogP contribution in [-0.4, -0.2) is 32.8 Å². The van der Waals surface area contributed by atoms with Crippen LogP contribution in [0.15, 0.2) is 59.5 Å². The van der Waals surface area contributed by atoms with E-state index in [1.807, 2.05) is 0 Å². The number of hydrogen-bond acceptors (Lipinski definition) is 6. The monoisotopic (exact) mass is 362 g/mol. The normalized spacial score (nSPS) is 12.2. The van der Waals surface area contributed by atoms with Gasteiger partial charge < -0.3 is 10.1 Å².